The van der Waals surface area contributed by atoms with Crippen molar-refractivity contribution >= 4 is 57.5 Å². The van der Waals surface area contributed by atoms with Gasteiger partial charge in [-0.2, -0.15) is 21.0 Å². The zero-order chi connectivity index (χ0) is 37.3. The van der Waals surface area contributed by atoms with Crippen molar-refractivity contribution in [3.8, 4) is 39.8 Å². The fourth-order valence-corrected chi connectivity index (χ4v) is 9.88. The molecule has 3 aliphatic carbocycles. The molecule has 0 unspecified atom stereocenters. The van der Waals surface area contributed by atoms with Crippen LogP contribution in [0.5, 0.6) is 5.75 Å². The fourth-order valence-electron chi connectivity index (χ4n) is 7.51. The fraction of sp³-hybridized carbons (Fsp3) is 0.150. The van der Waals surface area contributed by atoms with Crippen LogP contribution in [-0.4, -0.2) is 11.6 Å². The lowest BCUT2D eigenvalue weighted by atomic mass is 9.78. The molecule has 1 fully saturated rings. The van der Waals surface area contributed by atoms with Crippen LogP contribution in [0.1, 0.15) is 79.3 Å². The largest absolute Gasteiger partial charge is 0.481 e. The number of thiophene rings is 2. The van der Waals surface area contributed by atoms with E-state index >= 15 is 0 Å². The second kappa shape index (κ2) is 12.4. The summed E-state index contributed by atoms with van der Waals surface area (Å²) in [5.74, 6) is -5.80. The number of hydrogen-bond acceptors (Lipinski definition) is 9. The molecule has 2 aromatic heterocycles. The molecule has 1 aliphatic heterocycles. The maximum Gasteiger partial charge on any atom is 0.194 e. The average molecular weight is 743 g/mol. The molecule has 4 aliphatic rings. The summed E-state index contributed by atoms with van der Waals surface area (Å²) in [6.45, 7) is 0. The number of ether oxygens (including phenoxy) is 1. The first-order chi connectivity index (χ1) is 25.5. The number of Topliss-reactive ketones (excluding diaryl/α,β-unsaturated/α-hetero) is 2. The number of fused-ring (bicyclic) bond motifs is 6. The number of benzene rings is 2. The minimum Gasteiger partial charge on any atom is -0.481 e. The summed E-state index contributed by atoms with van der Waals surface area (Å²) in [5.41, 5.74) is -1.56. The van der Waals surface area contributed by atoms with Crippen LogP contribution in [0.4, 0.5) is 17.6 Å². The smallest absolute Gasteiger partial charge is 0.194 e. The van der Waals surface area contributed by atoms with Gasteiger partial charge in [-0.1, -0.05) is 6.42 Å². The van der Waals surface area contributed by atoms with Crippen LogP contribution in [0.15, 0.2) is 58.7 Å². The zero-order valence-electron chi connectivity index (χ0n) is 27.0. The van der Waals surface area contributed by atoms with Crippen molar-refractivity contribution in [1.82, 2.24) is 0 Å². The normalized spacial score (nSPS) is 17.7. The van der Waals surface area contributed by atoms with E-state index in [-0.39, 0.29) is 44.5 Å². The lowest BCUT2D eigenvalue weighted by Crippen LogP contribution is -2.37. The number of carbonyl (C=O) groups excluding carboxylic acids is 2. The molecule has 13 heteroatoms. The summed E-state index contributed by atoms with van der Waals surface area (Å²) in [6, 6.07) is 13.8. The van der Waals surface area contributed by atoms with Gasteiger partial charge in [-0.25, -0.2) is 17.6 Å². The molecular formula is C40H18F4N4O3S2. The Morgan fingerprint density at radius 1 is 0.623 bits per heavy atom. The van der Waals surface area contributed by atoms with Gasteiger partial charge >= 0.3 is 0 Å². The molecule has 8 rings (SSSR count). The van der Waals surface area contributed by atoms with Gasteiger partial charge in [0, 0.05) is 48.7 Å². The second-order valence-electron chi connectivity index (χ2n) is 12.7. The highest BCUT2D eigenvalue weighted by Gasteiger charge is 2.44. The Hall–Kier alpha value is -6.38. The van der Waals surface area contributed by atoms with Crippen LogP contribution in [0, 0.1) is 68.6 Å². The minimum atomic E-state index is -1.25. The molecule has 53 heavy (non-hydrogen) atoms. The van der Waals surface area contributed by atoms with Crippen LogP contribution in [0.2, 0.25) is 0 Å². The summed E-state index contributed by atoms with van der Waals surface area (Å²) >= 11 is 2.55. The van der Waals surface area contributed by atoms with E-state index in [9.17, 15) is 48.2 Å². The predicted octanol–water partition coefficient (Wildman–Crippen LogP) is 9.75. The molecule has 1 saturated carbocycles. The molecular weight excluding hydrogens is 725 g/mol. The molecule has 1 spiro atoms. The Labute approximate surface area is 306 Å². The highest BCUT2D eigenvalue weighted by Crippen LogP contribution is 2.57. The predicted molar refractivity (Wildman–Crippen MR) is 187 cm³/mol. The first-order valence-electron chi connectivity index (χ1n) is 16.1. The molecule has 3 heterocycles. The van der Waals surface area contributed by atoms with E-state index in [0.29, 0.717) is 33.2 Å². The third-order valence-electron chi connectivity index (χ3n) is 9.83. The molecule has 4 aromatic rings. The number of nitrogens with zero attached hydrogens (tertiary/aromatic N) is 4. The van der Waals surface area contributed by atoms with Gasteiger partial charge in [-0.15, -0.1) is 22.7 Å². The average Bonchev–Trinajstić information content (AvgIpc) is 3.88. The molecule has 7 nitrogen and oxygen atoms in total. The van der Waals surface area contributed by atoms with Gasteiger partial charge in [0.2, 0.25) is 0 Å². The maximum absolute atomic E-state index is 14.4. The van der Waals surface area contributed by atoms with Crippen molar-refractivity contribution < 1.29 is 31.9 Å². The van der Waals surface area contributed by atoms with Gasteiger partial charge in [-0.3, -0.25) is 9.59 Å². The molecule has 256 valence electrons. The van der Waals surface area contributed by atoms with Crippen molar-refractivity contribution in [2.24, 2.45) is 0 Å². The maximum atomic E-state index is 14.4. The number of allylic oxidation sites excluding steroid dienone is 6. The van der Waals surface area contributed by atoms with Gasteiger partial charge in [0.15, 0.2) is 34.8 Å². The zero-order valence-corrected chi connectivity index (χ0v) is 28.6. The van der Waals surface area contributed by atoms with Crippen LogP contribution >= 0.6 is 22.7 Å². The van der Waals surface area contributed by atoms with E-state index in [4.69, 9.17) is 4.74 Å². The van der Waals surface area contributed by atoms with Gasteiger partial charge in [0.25, 0.3) is 0 Å². The third-order valence-corrected chi connectivity index (χ3v) is 12.1. The summed E-state index contributed by atoms with van der Waals surface area (Å²) in [6.07, 6.45) is 7.04. The molecule has 2 aromatic carbocycles. The van der Waals surface area contributed by atoms with E-state index < -0.39 is 51.6 Å². The number of halogens is 4. The number of rotatable bonds is 2. The topological polar surface area (TPSA) is 139 Å². The third kappa shape index (κ3) is 5.09. The van der Waals surface area contributed by atoms with Crippen molar-refractivity contribution in [2.45, 2.75) is 37.7 Å². The highest BCUT2D eigenvalue weighted by molar-refractivity contribution is 7.23. The summed E-state index contributed by atoms with van der Waals surface area (Å²) in [5, 5.41) is 38.9. The summed E-state index contributed by atoms with van der Waals surface area (Å²) in [4.78, 5) is 29.7. The van der Waals surface area contributed by atoms with Crippen molar-refractivity contribution in [3.63, 3.8) is 0 Å². The minimum absolute atomic E-state index is 0.0525. The van der Waals surface area contributed by atoms with Crippen LogP contribution in [-0.2, 0) is 5.60 Å². The monoisotopic (exact) mass is 742 g/mol. The van der Waals surface area contributed by atoms with Crippen molar-refractivity contribution in [3.05, 3.63) is 120 Å². The van der Waals surface area contributed by atoms with Crippen LogP contribution in [0.3, 0.4) is 0 Å². The quantitative estimate of drug-likeness (QED) is 0.113. The van der Waals surface area contributed by atoms with E-state index in [1.807, 2.05) is 6.07 Å². The van der Waals surface area contributed by atoms with Gasteiger partial charge < -0.3 is 4.74 Å². The number of nitriles is 4. The number of carbonyl (C=O) groups is 2. The van der Waals surface area contributed by atoms with Crippen LogP contribution in [0.25, 0.3) is 33.1 Å². The summed E-state index contributed by atoms with van der Waals surface area (Å²) < 4.78 is 63.9. The highest BCUT2D eigenvalue weighted by atomic mass is 32.1. The van der Waals surface area contributed by atoms with Gasteiger partial charge in [0.1, 0.15) is 46.8 Å². The Morgan fingerprint density at radius 2 is 1.06 bits per heavy atom. The van der Waals surface area contributed by atoms with Gasteiger partial charge in [0.05, 0.1) is 9.75 Å². The molecule has 0 atom stereocenters. The van der Waals surface area contributed by atoms with Gasteiger partial charge in [-0.05, 0) is 85.4 Å². The van der Waals surface area contributed by atoms with Crippen molar-refractivity contribution in [1.29, 1.82) is 21.0 Å². The SMILES string of the molecule is N#CC(C#N)=C1/C(=C/c2cc3c(s2)-c2sc(/C=C4\C(=O)c5cc(F)c(F)cc5C4=C(C#N)C#N)cc2C2(CCCCC2)O3)C(=O)c2cc(F)c(F)cc21. The summed E-state index contributed by atoms with van der Waals surface area (Å²) in [7, 11) is 0. The lowest BCUT2D eigenvalue weighted by molar-refractivity contribution is 0.0250. The molecule has 0 N–H and O–H groups in total. The first-order valence-corrected chi connectivity index (χ1v) is 17.7. The Kier molecular flexibility index (Phi) is 7.89. The second-order valence-corrected chi connectivity index (χ2v) is 14.9. The molecule has 0 saturated heterocycles. The van der Waals surface area contributed by atoms with Crippen molar-refractivity contribution in [2.75, 3.05) is 0 Å². The number of ketones is 2. The molecule has 0 bridgehead atoms. The standard InChI is InChI=1S/C40H18F4N4O3S2/c41-29-10-22-24(12-31(29)43)36(49)26(34(22)18(14-45)15-46)6-20-8-28-38(52-20)39-33(51-40(28)4-2-1-3-5-40)9-21(53-39)7-27-35(19(16-47)17-48)23-11-30(42)32(44)13-25(23)37(27)50/h6-13H,1-5H2/b26-6-,27-7-. The molecule has 0 radical (unpaired) electrons. The Bertz CT molecular complexity index is 2680. The number of hydrogen-bond donors (Lipinski definition) is 0. The van der Waals surface area contributed by atoms with E-state index in [1.165, 1.54) is 34.8 Å². The first kappa shape index (κ1) is 33.7. The van der Waals surface area contributed by atoms with E-state index in [2.05, 4.69) is 0 Å². The molecule has 0 amide bonds. The Morgan fingerprint density at radius 3 is 1.53 bits per heavy atom. The Balaban J connectivity index is 1.28. The van der Waals surface area contributed by atoms with Crippen LogP contribution < -0.4 is 4.74 Å². The van der Waals surface area contributed by atoms with E-state index in [0.717, 1.165) is 54.0 Å². The lowest BCUT2D eigenvalue weighted by Gasteiger charge is -2.40. The van der Waals surface area contributed by atoms with E-state index in [1.54, 1.807) is 30.3 Å².